The zero-order chi connectivity index (χ0) is 10.3. The summed E-state index contributed by atoms with van der Waals surface area (Å²) < 4.78 is 5.11. The van der Waals surface area contributed by atoms with Crippen LogP contribution in [0.15, 0.2) is 18.2 Å². The SMILES string of the molecule is CC.CCc1cc(OC)ccc1C. The summed E-state index contributed by atoms with van der Waals surface area (Å²) in [6, 6.07) is 6.18. The van der Waals surface area contributed by atoms with Crippen LogP contribution in [0.5, 0.6) is 5.75 Å². The van der Waals surface area contributed by atoms with Crippen molar-refractivity contribution >= 4 is 0 Å². The summed E-state index contributed by atoms with van der Waals surface area (Å²) in [5.74, 6) is 0.951. The summed E-state index contributed by atoms with van der Waals surface area (Å²) in [6.07, 6.45) is 1.07. The molecule has 74 valence electrons. The Hall–Kier alpha value is -0.980. The molecule has 0 radical (unpaired) electrons. The van der Waals surface area contributed by atoms with E-state index in [2.05, 4.69) is 26.0 Å². The molecule has 1 rings (SSSR count). The second kappa shape index (κ2) is 6.53. The summed E-state index contributed by atoms with van der Waals surface area (Å²) in [7, 11) is 1.70. The normalized spacial score (nSPS) is 8.69. The Morgan fingerprint density at radius 3 is 2.31 bits per heavy atom. The Morgan fingerprint density at radius 2 is 1.85 bits per heavy atom. The molecule has 0 saturated heterocycles. The van der Waals surface area contributed by atoms with Crippen LogP contribution in [0.4, 0.5) is 0 Å². The number of benzene rings is 1. The number of rotatable bonds is 2. The number of ether oxygens (including phenoxy) is 1. The summed E-state index contributed by atoms with van der Waals surface area (Å²) in [4.78, 5) is 0. The molecular weight excluding hydrogens is 160 g/mol. The van der Waals surface area contributed by atoms with Crippen molar-refractivity contribution in [2.75, 3.05) is 7.11 Å². The lowest BCUT2D eigenvalue weighted by Crippen LogP contribution is -1.88. The first-order valence-corrected chi connectivity index (χ1v) is 4.91. The van der Waals surface area contributed by atoms with Gasteiger partial charge in [0.2, 0.25) is 0 Å². The Morgan fingerprint density at radius 1 is 1.23 bits per heavy atom. The molecule has 0 N–H and O–H groups in total. The first kappa shape index (κ1) is 12.0. The minimum atomic E-state index is 0.951. The monoisotopic (exact) mass is 180 g/mol. The van der Waals surface area contributed by atoms with Gasteiger partial charge in [-0.25, -0.2) is 0 Å². The second-order valence-corrected chi connectivity index (χ2v) is 2.65. The van der Waals surface area contributed by atoms with Crippen molar-refractivity contribution in [2.45, 2.75) is 34.1 Å². The van der Waals surface area contributed by atoms with Gasteiger partial charge in [-0.1, -0.05) is 26.8 Å². The molecule has 0 spiro atoms. The molecule has 1 aromatic carbocycles. The summed E-state index contributed by atoms with van der Waals surface area (Å²) in [6.45, 7) is 8.28. The fraction of sp³-hybridized carbons (Fsp3) is 0.500. The molecule has 0 bridgehead atoms. The van der Waals surface area contributed by atoms with Crippen LogP contribution in [0, 0.1) is 6.92 Å². The van der Waals surface area contributed by atoms with Crippen molar-refractivity contribution in [3.05, 3.63) is 29.3 Å². The molecule has 0 amide bonds. The van der Waals surface area contributed by atoms with Crippen molar-refractivity contribution in [3.8, 4) is 5.75 Å². The van der Waals surface area contributed by atoms with Crippen molar-refractivity contribution in [1.29, 1.82) is 0 Å². The Kier molecular flexibility index (Phi) is 6.03. The van der Waals surface area contributed by atoms with Crippen molar-refractivity contribution in [2.24, 2.45) is 0 Å². The van der Waals surface area contributed by atoms with Gasteiger partial charge in [-0.05, 0) is 36.6 Å². The minimum Gasteiger partial charge on any atom is -0.497 e. The summed E-state index contributed by atoms with van der Waals surface area (Å²) >= 11 is 0. The van der Waals surface area contributed by atoms with E-state index in [0.717, 1.165) is 12.2 Å². The smallest absolute Gasteiger partial charge is 0.119 e. The number of hydrogen-bond acceptors (Lipinski definition) is 1. The zero-order valence-electron chi connectivity index (χ0n) is 9.35. The highest BCUT2D eigenvalue weighted by Gasteiger charge is 1.96. The third-order valence-electron chi connectivity index (χ3n) is 1.94. The van der Waals surface area contributed by atoms with E-state index in [-0.39, 0.29) is 0 Å². The third kappa shape index (κ3) is 3.49. The quantitative estimate of drug-likeness (QED) is 0.675. The fourth-order valence-corrected chi connectivity index (χ4v) is 1.16. The summed E-state index contributed by atoms with van der Waals surface area (Å²) in [5.41, 5.74) is 2.71. The molecule has 1 nitrogen and oxygen atoms in total. The Labute approximate surface area is 81.7 Å². The topological polar surface area (TPSA) is 9.23 Å². The maximum absolute atomic E-state index is 5.11. The van der Waals surface area contributed by atoms with Crippen molar-refractivity contribution in [1.82, 2.24) is 0 Å². The van der Waals surface area contributed by atoms with Crippen LogP contribution in [0.25, 0.3) is 0 Å². The van der Waals surface area contributed by atoms with E-state index in [1.165, 1.54) is 11.1 Å². The first-order chi connectivity index (χ1) is 6.27. The van der Waals surface area contributed by atoms with Crippen molar-refractivity contribution < 1.29 is 4.74 Å². The fourth-order valence-electron chi connectivity index (χ4n) is 1.16. The van der Waals surface area contributed by atoms with Gasteiger partial charge >= 0.3 is 0 Å². The van der Waals surface area contributed by atoms with Crippen LogP contribution < -0.4 is 4.74 Å². The highest BCUT2D eigenvalue weighted by molar-refractivity contribution is 5.34. The number of hydrogen-bond donors (Lipinski definition) is 0. The van der Waals surface area contributed by atoms with Crippen LogP contribution in [-0.2, 0) is 6.42 Å². The van der Waals surface area contributed by atoms with Crippen molar-refractivity contribution in [3.63, 3.8) is 0 Å². The lowest BCUT2D eigenvalue weighted by atomic mass is 10.1. The first-order valence-electron chi connectivity index (χ1n) is 4.91. The lowest BCUT2D eigenvalue weighted by Gasteiger charge is -2.05. The molecule has 0 aliphatic carbocycles. The van der Waals surface area contributed by atoms with Gasteiger partial charge < -0.3 is 4.74 Å². The van der Waals surface area contributed by atoms with Crippen LogP contribution >= 0.6 is 0 Å². The second-order valence-electron chi connectivity index (χ2n) is 2.65. The van der Waals surface area contributed by atoms with E-state index in [0.29, 0.717) is 0 Å². The van der Waals surface area contributed by atoms with E-state index in [1.54, 1.807) is 7.11 Å². The number of methoxy groups -OCH3 is 1. The molecule has 0 atom stereocenters. The van der Waals surface area contributed by atoms with Gasteiger partial charge in [-0.2, -0.15) is 0 Å². The zero-order valence-corrected chi connectivity index (χ0v) is 9.35. The van der Waals surface area contributed by atoms with Gasteiger partial charge in [0, 0.05) is 0 Å². The Balaban J connectivity index is 0.000000671. The molecular formula is C12H20O. The highest BCUT2D eigenvalue weighted by Crippen LogP contribution is 2.16. The van der Waals surface area contributed by atoms with Gasteiger partial charge in [0.1, 0.15) is 5.75 Å². The molecule has 0 aliphatic rings. The average Bonchev–Trinajstić information content (AvgIpc) is 2.22. The molecule has 1 heteroatoms. The van der Waals surface area contributed by atoms with E-state index >= 15 is 0 Å². The predicted molar refractivity (Wildman–Crippen MR) is 58.5 cm³/mol. The highest BCUT2D eigenvalue weighted by atomic mass is 16.5. The van der Waals surface area contributed by atoms with Gasteiger partial charge in [0.25, 0.3) is 0 Å². The minimum absolute atomic E-state index is 0.951. The van der Waals surface area contributed by atoms with Crippen LogP contribution in [-0.4, -0.2) is 7.11 Å². The molecule has 0 aliphatic heterocycles. The molecule has 0 saturated carbocycles. The van der Waals surface area contributed by atoms with Gasteiger partial charge in [0.15, 0.2) is 0 Å². The molecule has 0 fully saturated rings. The summed E-state index contributed by atoms with van der Waals surface area (Å²) in [5, 5.41) is 0. The van der Waals surface area contributed by atoms with Gasteiger partial charge in [-0.3, -0.25) is 0 Å². The van der Waals surface area contributed by atoms with Crippen LogP contribution in [0.1, 0.15) is 31.9 Å². The Bertz CT molecular complexity index is 241. The van der Waals surface area contributed by atoms with Gasteiger partial charge in [0.05, 0.1) is 7.11 Å². The third-order valence-corrected chi connectivity index (χ3v) is 1.94. The van der Waals surface area contributed by atoms with E-state index in [1.807, 2.05) is 19.9 Å². The maximum Gasteiger partial charge on any atom is 0.119 e. The average molecular weight is 180 g/mol. The largest absolute Gasteiger partial charge is 0.497 e. The predicted octanol–water partition coefficient (Wildman–Crippen LogP) is 3.59. The molecule has 0 aromatic heterocycles. The molecule has 13 heavy (non-hydrogen) atoms. The van der Waals surface area contributed by atoms with Gasteiger partial charge in [-0.15, -0.1) is 0 Å². The lowest BCUT2D eigenvalue weighted by molar-refractivity contribution is 0.414. The molecule has 0 heterocycles. The number of aryl methyl sites for hydroxylation is 2. The van der Waals surface area contributed by atoms with Crippen LogP contribution in [0.2, 0.25) is 0 Å². The maximum atomic E-state index is 5.11. The molecule has 1 aromatic rings. The standard InChI is InChI=1S/C10H14O.C2H6/c1-4-9-7-10(11-3)6-5-8(9)2;1-2/h5-7H,4H2,1-3H3;1-2H3. The molecule has 0 unspecified atom stereocenters. The van der Waals surface area contributed by atoms with E-state index in [9.17, 15) is 0 Å². The van der Waals surface area contributed by atoms with E-state index in [4.69, 9.17) is 4.74 Å². The van der Waals surface area contributed by atoms with E-state index < -0.39 is 0 Å². The van der Waals surface area contributed by atoms with Crippen LogP contribution in [0.3, 0.4) is 0 Å².